The second-order valence-corrected chi connectivity index (χ2v) is 3.96. The number of epoxide rings is 2. The fraction of sp³-hybridized carbons (Fsp3) is 0.800. The zero-order valence-electron chi connectivity index (χ0n) is 9.17. The third-order valence-corrected chi connectivity index (χ3v) is 2.60. The molecule has 6 nitrogen and oxygen atoms in total. The van der Waals surface area contributed by atoms with E-state index >= 15 is 0 Å². The monoisotopic (exact) mass is 230 g/mol. The Labute approximate surface area is 92.8 Å². The van der Waals surface area contributed by atoms with Crippen LogP contribution in [0, 0.1) is 0 Å². The SMILES string of the molecule is CC1OC1COC(=O)C(=O)OCC1OC1C. The highest BCUT2D eigenvalue weighted by Crippen LogP contribution is 2.21. The summed E-state index contributed by atoms with van der Waals surface area (Å²) in [6.07, 6.45) is 0.0427. The van der Waals surface area contributed by atoms with Crippen molar-refractivity contribution in [3.63, 3.8) is 0 Å². The lowest BCUT2D eigenvalue weighted by atomic mass is 10.4. The fourth-order valence-corrected chi connectivity index (χ4v) is 1.24. The van der Waals surface area contributed by atoms with Gasteiger partial charge in [-0.25, -0.2) is 9.59 Å². The second kappa shape index (κ2) is 4.39. The number of esters is 2. The molecule has 2 aliphatic heterocycles. The normalized spacial score (nSPS) is 35.4. The molecule has 90 valence electrons. The number of rotatable bonds is 4. The van der Waals surface area contributed by atoms with Crippen LogP contribution in [0.3, 0.4) is 0 Å². The molecule has 0 bridgehead atoms. The summed E-state index contributed by atoms with van der Waals surface area (Å²) < 4.78 is 19.4. The fourth-order valence-electron chi connectivity index (χ4n) is 1.24. The van der Waals surface area contributed by atoms with Gasteiger partial charge in [0.15, 0.2) is 0 Å². The number of hydrogen-bond acceptors (Lipinski definition) is 6. The smallest absolute Gasteiger partial charge is 0.417 e. The van der Waals surface area contributed by atoms with E-state index in [4.69, 9.17) is 18.9 Å². The Morgan fingerprint density at radius 3 is 1.50 bits per heavy atom. The van der Waals surface area contributed by atoms with Crippen molar-refractivity contribution in [3.8, 4) is 0 Å². The summed E-state index contributed by atoms with van der Waals surface area (Å²) in [4.78, 5) is 22.2. The van der Waals surface area contributed by atoms with Crippen LogP contribution >= 0.6 is 0 Å². The lowest BCUT2D eigenvalue weighted by Gasteiger charge is -2.02. The highest BCUT2D eigenvalue weighted by atomic mass is 16.7. The molecule has 0 aliphatic carbocycles. The van der Waals surface area contributed by atoms with Gasteiger partial charge in [-0.1, -0.05) is 0 Å². The Balaban J connectivity index is 1.58. The van der Waals surface area contributed by atoms with Gasteiger partial charge in [0.1, 0.15) is 25.4 Å². The largest absolute Gasteiger partial charge is 0.454 e. The van der Waals surface area contributed by atoms with Crippen molar-refractivity contribution < 1.29 is 28.5 Å². The molecule has 0 spiro atoms. The summed E-state index contributed by atoms with van der Waals surface area (Å²) in [7, 11) is 0. The Kier molecular flexibility index (Phi) is 3.11. The summed E-state index contributed by atoms with van der Waals surface area (Å²) in [5.74, 6) is -1.95. The molecule has 2 saturated heterocycles. The summed E-state index contributed by atoms with van der Waals surface area (Å²) >= 11 is 0. The van der Waals surface area contributed by atoms with Crippen LogP contribution in [-0.2, 0) is 28.5 Å². The van der Waals surface area contributed by atoms with E-state index < -0.39 is 11.9 Å². The molecule has 2 fully saturated rings. The van der Waals surface area contributed by atoms with E-state index in [9.17, 15) is 9.59 Å². The van der Waals surface area contributed by atoms with Crippen molar-refractivity contribution in [2.75, 3.05) is 13.2 Å². The molecule has 16 heavy (non-hydrogen) atoms. The third-order valence-electron chi connectivity index (χ3n) is 2.60. The molecule has 0 aromatic carbocycles. The summed E-state index contributed by atoms with van der Waals surface area (Å²) in [6.45, 7) is 3.93. The number of hydrogen-bond donors (Lipinski definition) is 0. The molecule has 0 saturated carbocycles. The van der Waals surface area contributed by atoms with E-state index in [1.54, 1.807) is 0 Å². The van der Waals surface area contributed by atoms with Gasteiger partial charge in [-0.05, 0) is 13.8 Å². The van der Waals surface area contributed by atoms with Crippen LogP contribution in [0.5, 0.6) is 0 Å². The quantitative estimate of drug-likeness (QED) is 0.373. The predicted molar refractivity (Wildman–Crippen MR) is 50.6 cm³/mol. The van der Waals surface area contributed by atoms with Gasteiger partial charge in [0, 0.05) is 0 Å². The van der Waals surface area contributed by atoms with Crippen molar-refractivity contribution in [3.05, 3.63) is 0 Å². The molecule has 0 amide bonds. The molecular formula is C10H14O6. The van der Waals surface area contributed by atoms with Gasteiger partial charge >= 0.3 is 11.9 Å². The molecule has 4 atom stereocenters. The van der Waals surface area contributed by atoms with Gasteiger partial charge in [0.05, 0.1) is 12.2 Å². The minimum Gasteiger partial charge on any atom is -0.454 e. The second-order valence-electron chi connectivity index (χ2n) is 3.96. The average Bonchev–Trinajstić information content (AvgIpc) is 3.12. The zero-order chi connectivity index (χ0) is 11.7. The van der Waals surface area contributed by atoms with E-state index in [-0.39, 0.29) is 37.6 Å². The van der Waals surface area contributed by atoms with Gasteiger partial charge in [-0.15, -0.1) is 0 Å². The minimum atomic E-state index is -0.976. The molecule has 0 radical (unpaired) electrons. The first-order chi connectivity index (χ1) is 7.58. The van der Waals surface area contributed by atoms with Gasteiger partial charge in [0.2, 0.25) is 0 Å². The maximum atomic E-state index is 11.1. The predicted octanol–water partition coefficient (Wildman–Crippen LogP) is -0.353. The highest BCUT2D eigenvalue weighted by Gasteiger charge is 2.38. The molecule has 6 heteroatoms. The van der Waals surface area contributed by atoms with Crippen LogP contribution < -0.4 is 0 Å². The lowest BCUT2D eigenvalue weighted by molar-refractivity contribution is -0.168. The number of carbonyl (C=O) groups is 2. The van der Waals surface area contributed by atoms with Gasteiger partial charge < -0.3 is 18.9 Å². The van der Waals surface area contributed by atoms with E-state index in [0.717, 1.165) is 0 Å². The van der Waals surface area contributed by atoms with E-state index in [1.165, 1.54) is 0 Å². The third kappa shape index (κ3) is 2.93. The first-order valence-corrected chi connectivity index (χ1v) is 5.22. The summed E-state index contributed by atoms with van der Waals surface area (Å²) in [6, 6.07) is 0. The van der Waals surface area contributed by atoms with Gasteiger partial charge in [-0.2, -0.15) is 0 Å². The van der Waals surface area contributed by atoms with Crippen molar-refractivity contribution in [2.45, 2.75) is 38.3 Å². The molecule has 0 N–H and O–H groups in total. The van der Waals surface area contributed by atoms with E-state index in [1.807, 2.05) is 13.8 Å². The van der Waals surface area contributed by atoms with Crippen LogP contribution in [0.2, 0.25) is 0 Å². The lowest BCUT2D eigenvalue weighted by Crippen LogP contribution is -2.24. The minimum absolute atomic E-state index is 0.0801. The van der Waals surface area contributed by atoms with E-state index in [2.05, 4.69) is 0 Å². The standard InChI is InChI=1S/C10H14O6/c1-5-7(15-5)3-13-9(11)10(12)14-4-8-6(2)16-8/h5-8H,3-4H2,1-2H3. The molecule has 0 aromatic heterocycles. The topological polar surface area (TPSA) is 77.7 Å². The first kappa shape index (κ1) is 11.3. The van der Waals surface area contributed by atoms with Crippen molar-refractivity contribution in [1.82, 2.24) is 0 Å². The molecular weight excluding hydrogens is 216 g/mol. The molecule has 0 aromatic rings. The Hall–Kier alpha value is -1.14. The highest BCUT2D eigenvalue weighted by molar-refractivity contribution is 6.29. The van der Waals surface area contributed by atoms with Crippen LogP contribution in [0.4, 0.5) is 0 Å². The summed E-state index contributed by atoms with van der Waals surface area (Å²) in [5.41, 5.74) is 0. The Bertz CT molecular complexity index is 272. The zero-order valence-corrected chi connectivity index (χ0v) is 9.17. The maximum absolute atomic E-state index is 11.1. The van der Waals surface area contributed by atoms with Crippen LogP contribution in [-0.4, -0.2) is 49.6 Å². The van der Waals surface area contributed by atoms with Crippen LogP contribution in [0.1, 0.15) is 13.8 Å². The van der Waals surface area contributed by atoms with Crippen LogP contribution in [0.25, 0.3) is 0 Å². The number of ether oxygens (including phenoxy) is 4. The molecule has 4 unspecified atom stereocenters. The Morgan fingerprint density at radius 1 is 0.938 bits per heavy atom. The van der Waals surface area contributed by atoms with Crippen molar-refractivity contribution in [2.24, 2.45) is 0 Å². The first-order valence-electron chi connectivity index (χ1n) is 5.22. The summed E-state index contributed by atoms with van der Waals surface area (Å²) in [5, 5.41) is 0. The van der Waals surface area contributed by atoms with Crippen molar-refractivity contribution >= 4 is 11.9 Å². The molecule has 2 aliphatic rings. The van der Waals surface area contributed by atoms with Gasteiger partial charge in [-0.3, -0.25) is 0 Å². The van der Waals surface area contributed by atoms with Crippen molar-refractivity contribution in [1.29, 1.82) is 0 Å². The van der Waals surface area contributed by atoms with Crippen LogP contribution in [0.15, 0.2) is 0 Å². The average molecular weight is 230 g/mol. The maximum Gasteiger partial charge on any atom is 0.417 e. The number of carbonyl (C=O) groups excluding carboxylic acids is 2. The molecule has 2 heterocycles. The Morgan fingerprint density at radius 2 is 1.25 bits per heavy atom. The van der Waals surface area contributed by atoms with E-state index in [0.29, 0.717) is 0 Å². The van der Waals surface area contributed by atoms with Gasteiger partial charge in [0.25, 0.3) is 0 Å². The molecule has 2 rings (SSSR count).